The summed E-state index contributed by atoms with van der Waals surface area (Å²) in [5.74, 6) is 2.85. The Morgan fingerprint density at radius 3 is 2.73 bits per heavy atom. The molecule has 0 saturated carbocycles. The number of aryl methyl sites for hydroxylation is 1. The molecule has 0 saturated heterocycles. The summed E-state index contributed by atoms with van der Waals surface area (Å²) in [6, 6.07) is 5.15. The number of hydrogen-bond acceptors (Lipinski definition) is 6. The Morgan fingerprint density at radius 2 is 2.09 bits per heavy atom. The lowest BCUT2D eigenvalue weighted by atomic mass is 10.2. The number of carbonyl (C=O) groups excluding carboxylic acids is 1. The molecule has 0 fully saturated rings. The number of nitrogens with zero attached hydrogens (tertiary/aromatic N) is 3. The number of aromatic nitrogens is 3. The molecule has 0 radical (unpaired) electrons. The highest BCUT2D eigenvalue weighted by Gasteiger charge is 2.08. The normalized spacial score (nSPS) is 10.5. The molecule has 0 N–H and O–H groups in total. The maximum absolute atomic E-state index is 10.8. The van der Waals surface area contributed by atoms with Crippen LogP contribution in [-0.4, -0.2) is 40.0 Å². The van der Waals surface area contributed by atoms with Crippen molar-refractivity contribution in [3.05, 3.63) is 29.6 Å². The van der Waals surface area contributed by atoms with Crippen molar-refractivity contribution in [3.63, 3.8) is 0 Å². The molecule has 0 bridgehead atoms. The number of hydrogen-bond donors (Lipinski definition) is 0. The van der Waals surface area contributed by atoms with Crippen molar-refractivity contribution >= 4 is 18.0 Å². The van der Waals surface area contributed by atoms with Crippen LogP contribution in [-0.2, 0) is 7.05 Å². The molecular weight excluding hydrogens is 302 g/mol. The highest BCUT2D eigenvalue weighted by molar-refractivity contribution is 7.99. The number of aldehydes is 1. The van der Waals surface area contributed by atoms with Gasteiger partial charge in [-0.2, -0.15) is 0 Å². The second-order valence-electron chi connectivity index (χ2n) is 4.54. The Labute approximate surface area is 133 Å². The third kappa shape index (κ3) is 4.00. The zero-order chi connectivity index (χ0) is 15.9. The van der Waals surface area contributed by atoms with E-state index in [9.17, 15) is 4.79 Å². The topological polar surface area (TPSA) is 66.2 Å². The summed E-state index contributed by atoms with van der Waals surface area (Å²) in [4.78, 5) is 10.8. The Kier molecular flexibility index (Phi) is 5.83. The van der Waals surface area contributed by atoms with Crippen LogP contribution in [0.1, 0.15) is 23.1 Å². The average Bonchev–Trinajstić information content (AvgIpc) is 2.84. The first kappa shape index (κ1) is 16.4. The lowest BCUT2D eigenvalue weighted by molar-refractivity contribution is 0.112. The van der Waals surface area contributed by atoms with Crippen LogP contribution in [0.2, 0.25) is 0 Å². The fourth-order valence-electron chi connectivity index (χ4n) is 1.78. The predicted octanol–water partition coefficient (Wildman–Crippen LogP) is 2.51. The third-order valence-corrected chi connectivity index (χ3v) is 4.01. The van der Waals surface area contributed by atoms with E-state index in [-0.39, 0.29) is 0 Å². The molecule has 7 heteroatoms. The van der Waals surface area contributed by atoms with Crippen molar-refractivity contribution in [2.45, 2.75) is 19.0 Å². The van der Waals surface area contributed by atoms with Gasteiger partial charge in [-0.1, -0.05) is 11.8 Å². The van der Waals surface area contributed by atoms with E-state index in [1.165, 1.54) is 0 Å². The molecule has 22 heavy (non-hydrogen) atoms. The van der Waals surface area contributed by atoms with Gasteiger partial charge in [0.15, 0.2) is 16.7 Å². The van der Waals surface area contributed by atoms with E-state index in [1.807, 2.05) is 25.5 Å². The van der Waals surface area contributed by atoms with Gasteiger partial charge >= 0.3 is 0 Å². The van der Waals surface area contributed by atoms with Crippen LogP contribution >= 0.6 is 11.8 Å². The van der Waals surface area contributed by atoms with Crippen LogP contribution in [0.25, 0.3) is 0 Å². The number of ether oxygens (including phenoxy) is 2. The van der Waals surface area contributed by atoms with E-state index in [2.05, 4.69) is 10.2 Å². The molecule has 1 aromatic carbocycles. The highest BCUT2D eigenvalue weighted by atomic mass is 32.2. The number of carbonyl (C=O) groups is 1. The van der Waals surface area contributed by atoms with Crippen LogP contribution < -0.4 is 9.47 Å². The Balaban J connectivity index is 1.91. The molecule has 118 valence electrons. The molecule has 2 rings (SSSR count). The fourth-order valence-corrected chi connectivity index (χ4v) is 2.56. The van der Waals surface area contributed by atoms with E-state index in [1.54, 1.807) is 30.0 Å². The van der Waals surface area contributed by atoms with Crippen LogP contribution in [0.4, 0.5) is 0 Å². The monoisotopic (exact) mass is 321 g/mol. The minimum absolute atomic E-state index is 0.511. The van der Waals surface area contributed by atoms with E-state index in [0.717, 1.165) is 23.0 Å². The molecule has 0 spiro atoms. The molecule has 6 nitrogen and oxygen atoms in total. The molecule has 0 atom stereocenters. The first-order valence-corrected chi connectivity index (χ1v) is 7.98. The quantitative estimate of drug-likeness (QED) is 0.423. The molecule has 1 aromatic heterocycles. The van der Waals surface area contributed by atoms with Gasteiger partial charge in [0, 0.05) is 18.4 Å². The van der Waals surface area contributed by atoms with Crippen molar-refractivity contribution < 1.29 is 14.3 Å². The second kappa shape index (κ2) is 7.84. The highest BCUT2D eigenvalue weighted by Crippen LogP contribution is 2.28. The number of benzene rings is 1. The molecule has 1 heterocycles. The molecule has 0 aliphatic rings. The molecular formula is C15H19N3O3S. The number of rotatable bonds is 8. The molecule has 0 aliphatic heterocycles. The van der Waals surface area contributed by atoms with Gasteiger partial charge in [-0.25, -0.2) is 0 Å². The van der Waals surface area contributed by atoms with Gasteiger partial charge in [-0.05, 0) is 32.0 Å². The van der Waals surface area contributed by atoms with Gasteiger partial charge in [0.1, 0.15) is 12.1 Å². The van der Waals surface area contributed by atoms with Gasteiger partial charge in [-0.15, -0.1) is 10.2 Å². The van der Waals surface area contributed by atoms with E-state index in [4.69, 9.17) is 9.47 Å². The van der Waals surface area contributed by atoms with Gasteiger partial charge in [0.2, 0.25) is 0 Å². The molecule has 0 amide bonds. The van der Waals surface area contributed by atoms with Gasteiger partial charge in [0.05, 0.1) is 13.2 Å². The smallest absolute Gasteiger partial charge is 0.191 e. The van der Waals surface area contributed by atoms with E-state index < -0.39 is 0 Å². The molecule has 0 unspecified atom stereocenters. The molecule has 2 aromatic rings. The lowest BCUT2D eigenvalue weighted by Gasteiger charge is -2.12. The Bertz CT molecular complexity index is 643. The summed E-state index contributed by atoms with van der Waals surface area (Å²) >= 11 is 1.58. The summed E-state index contributed by atoms with van der Waals surface area (Å²) in [5.41, 5.74) is 0.569. The zero-order valence-electron chi connectivity index (χ0n) is 12.9. The predicted molar refractivity (Wildman–Crippen MR) is 85.0 cm³/mol. The fraction of sp³-hybridized carbons (Fsp3) is 0.400. The van der Waals surface area contributed by atoms with Crippen molar-refractivity contribution in [2.75, 3.05) is 19.0 Å². The maximum atomic E-state index is 10.8. The van der Waals surface area contributed by atoms with Gasteiger partial charge < -0.3 is 14.0 Å². The summed E-state index contributed by atoms with van der Waals surface area (Å²) in [7, 11) is 1.93. The van der Waals surface area contributed by atoms with Gasteiger partial charge in [-0.3, -0.25) is 4.79 Å². The summed E-state index contributed by atoms with van der Waals surface area (Å²) < 4.78 is 13.2. The zero-order valence-corrected chi connectivity index (χ0v) is 13.7. The minimum atomic E-state index is 0.511. The van der Waals surface area contributed by atoms with Crippen molar-refractivity contribution in [1.82, 2.24) is 14.8 Å². The first-order valence-electron chi connectivity index (χ1n) is 6.99. The maximum Gasteiger partial charge on any atom is 0.191 e. The van der Waals surface area contributed by atoms with E-state index in [0.29, 0.717) is 30.3 Å². The van der Waals surface area contributed by atoms with Crippen molar-refractivity contribution in [1.29, 1.82) is 0 Å². The van der Waals surface area contributed by atoms with E-state index >= 15 is 0 Å². The Morgan fingerprint density at radius 1 is 1.27 bits per heavy atom. The standard InChI is InChI=1S/C15H19N3O3S/c1-4-20-14-9-12(10-19)5-6-13(14)21-7-8-22-15-17-16-11(2)18(15)3/h5-6,9-10H,4,7-8H2,1-3H3. The summed E-state index contributed by atoms with van der Waals surface area (Å²) in [5, 5.41) is 8.96. The van der Waals surface area contributed by atoms with Crippen molar-refractivity contribution in [2.24, 2.45) is 7.05 Å². The summed E-state index contributed by atoms with van der Waals surface area (Å²) in [6.45, 7) is 4.84. The van der Waals surface area contributed by atoms with Crippen molar-refractivity contribution in [3.8, 4) is 11.5 Å². The minimum Gasteiger partial charge on any atom is -0.490 e. The second-order valence-corrected chi connectivity index (χ2v) is 5.60. The van der Waals surface area contributed by atoms with Gasteiger partial charge in [0.25, 0.3) is 0 Å². The largest absolute Gasteiger partial charge is 0.490 e. The first-order chi connectivity index (χ1) is 10.7. The van der Waals surface area contributed by atoms with Crippen LogP contribution in [0.5, 0.6) is 11.5 Å². The lowest BCUT2D eigenvalue weighted by Crippen LogP contribution is -2.04. The van der Waals surface area contributed by atoms with Crippen LogP contribution in [0.15, 0.2) is 23.4 Å². The Hall–Kier alpha value is -2.02. The third-order valence-electron chi connectivity index (χ3n) is 3.03. The number of thioether (sulfide) groups is 1. The SMILES string of the molecule is CCOc1cc(C=O)ccc1OCCSc1nnc(C)n1C. The van der Waals surface area contributed by atoms with Crippen LogP contribution in [0, 0.1) is 6.92 Å². The molecule has 0 aliphatic carbocycles. The summed E-state index contributed by atoms with van der Waals surface area (Å²) in [6.07, 6.45) is 0.790. The average molecular weight is 321 g/mol. The van der Waals surface area contributed by atoms with Crippen LogP contribution in [0.3, 0.4) is 0 Å².